The van der Waals surface area contributed by atoms with E-state index in [1.807, 2.05) is 54.1 Å². The normalized spacial score (nSPS) is 11.3. The lowest BCUT2D eigenvalue weighted by Gasteiger charge is -2.06. The molecule has 4 aromatic rings. The largest absolute Gasteiger partial charge is 0.497 e. The van der Waals surface area contributed by atoms with E-state index in [2.05, 4.69) is 19.2 Å². The number of amides is 1. The number of hydrogen-bond donors (Lipinski definition) is 1. The van der Waals surface area contributed by atoms with Gasteiger partial charge in [-0.15, -0.1) is 0 Å². The van der Waals surface area contributed by atoms with Crippen LogP contribution < -0.4 is 10.1 Å². The molecule has 0 spiro atoms. The highest BCUT2D eigenvalue weighted by Crippen LogP contribution is 2.37. The molecule has 0 saturated heterocycles. The second-order valence-corrected chi connectivity index (χ2v) is 9.59. The monoisotopic (exact) mass is 482 g/mol. The molecule has 0 saturated carbocycles. The van der Waals surface area contributed by atoms with E-state index in [1.54, 1.807) is 18.4 Å². The fraction of sp³-hybridized carbons (Fsp3) is 0.320. The maximum atomic E-state index is 12.4. The number of rotatable bonds is 8. The van der Waals surface area contributed by atoms with E-state index in [-0.39, 0.29) is 18.2 Å². The third kappa shape index (κ3) is 4.89. The fourth-order valence-electron chi connectivity index (χ4n) is 3.69. The lowest BCUT2D eigenvalue weighted by atomic mass is 10.1. The molecule has 0 fully saturated rings. The Labute approximate surface area is 202 Å². The van der Waals surface area contributed by atoms with Crippen molar-refractivity contribution in [1.82, 2.24) is 20.1 Å². The van der Waals surface area contributed by atoms with Crippen LogP contribution in [-0.2, 0) is 11.2 Å². The van der Waals surface area contributed by atoms with Gasteiger partial charge in [0.2, 0.25) is 11.0 Å². The molecule has 1 amide bonds. The highest BCUT2D eigenvalue weighted by Gasteiger charge is 2.21. The molecular weight excluding hydrogens is 456 g/mol. The molecule has 6 nitrogen and oxygen atoms in total. The van der Waals surface area contributed by atoms with Crippen molar-refractivity contribution in [3.05, 3.63) is 58.1 Å². The minimum Gasteiger partial charge on any atom is -0.497 e. The van der Waals surface area contributed by atoms with Crippen molar-refractivity contribution in [2.24, 2.45) is 0 Å². The molecule has 0 atom stereocenters. The summed E-state index contributed by atoms with van der Waals surface area (Å²) in [5, 5.41) is 9.95. The van der Waals surface area contributed by atoms with Crippen molar-refractivity contribution >= 4 is 39.7 Å². The number of aromatic nitrogens is 3. The summed E-state index contributed by atoms with van der Waals surface area (Å²) in [6, 6.07) is 13.6. The van der Waals surface area contributed by atoms with Gasteiger partial charge < -0.3 is 10.1 Å². The maximum absolute atomic E-state index is 12.4. The molecule has 0 aliphatic carbocycles. The van der Waals surface area contributed by atoms with Gasteiger partial charge in [-0.25, -0.2) is 9.67 Å². The van der Waals surface area contributed by atoms with E-state index in [4.69, 9.17) is 26.4 Å². The number of nitrogens with one attached hydrogen (secondary N) is 1. The number of ether oxygens (including phenoxy) is 1. The van der Waals surface area contributed by atoms with Crippen LogP contribution in [0.5, 0.6) is 5.75 Å². The van der Waals surface area contributed by atoms with Crippen molar-refractivity contribution in [2.75, 3.05) is 13.7 Å². The lowest BCUT2D eigenvalue weighted by molar-refractivity contribution is -0.120. The third-order valence-electron chi connectivity index (χ3n) is 5.31. The summed E-state index contributed by atoms with van der Waals surface area (Å²) in [5.74, 6) is 1.02. The van der Waals surface area contributed by atoms with Crippen LogP contribution in [0.3, 0.4) is 0 Å². The SMILES string of the molecule is CCCNC(=O)Cc1nn(-c2nc(-c3cccc(OC)c3)c(C(C)C)s2)c2ccc(Cl)cc12. The first-order chi connectivity index (χ1) is 15.9. The number of carbonyl (C=O) groups is 1. The average Bonchev–Trinajstić information content (AvgIpc) is 3.40. The first-order valence-corrected chi connectivity index (χ1v) is 12.2. The molecule has 2 heterocycles. The van der Waals surface area contributed by atoms with E-state index >= 15 is 0 Å². The standard InChI is InChI=1S/C25H27ClN4O2S/c1-5-11-27-22(31)14-20-19-13-17(26)9-10-21(19)30(29-20)25-28-23(24(33-25)15(2)3)16-7-6-8-18(12-16)32-4/h6-10,12-13,15H,5,11,14H2,1-4H3,(H,27,31). The average molecular weight is 483 g/mol. The molecular formula is C25H27ClN4O2S. The van der Waals surface area contributed by atoms with Crippen molar-refractivity contribution in [2.45, 2.75) is 39.5 Å². The Morgan fingerprint density at radius 2 is 2.06 bits per heavy atom. The summed E-state index contributed by atoms with van der Waals surface area (Å²) in [4.78, 5) is 18.6. The van der Waals surface area contributed by atoms with Gasteiger partial charge in [-0.05, 0) is 42.7 Å². The Hall–Kier alpha value is -2.90. The number of benzene rings is 2. The molecule has 0 aliphatic rings. The summed E-state index contributed by atoms with van der Waals surface area (Å²) < 4.78 is 7.24. The predicted molar refractivity (Wildman–Crippen MR) is 135 cm³/mol. The van der Waals surface area contributed by atoms with Crippen LogP contribution in [-0.4, -0.2) is 34.3 Å². The quantitative estimate of drug-likeness (QED) is 0.334. The van der Waals surface area contributed by atoms with E-state index in [0.717, 1.165) is 44.3 Å². The van der Waals surface area contributed by atoms with Gasteiger partial charge in [-0.1, -0.05) is 55.8 Å². The zero-order valence-electron chi connectivity index (χ0n) is 19.2. The predicted octanol–water partition coefficient (Wildman–Crippen LogP) is 6.00. The van der Waals surface area contributed by atoms with E-state index in [9.17, 15) is 4.79 Å². The topological polar surface area (TPSA) is 69.0 Å². The minimum absolute atomic E-state index is 0.0533. The van der Waals surface area contributed by atoms with E-state index in [1.165, 1.54) is 0 Å². The number of methoxy groups -OCH3 is 1. The number of hydrogen-bond acceptors (Lipinski definition) is 5. The second-order valence-electron chi connectivity index (χ2n) is 8.14. The Bertz CT molecular complexity index is 1300. The molecule has 0 bridgehead atoms. The second kappa shape index (κ2) is 9.93. The van der Waals surface area contributed by atoms with Gasteiger partial charge in [0.05, 0.1) is 30.4 Å². The molecule has 0 unspecified atom stereocenters. The van der Waals surface area contributed by atoms with E-state index < -0.39 is 0 Å². The Balaban J connectivity index is 1.82. The van der Waals surface area contributed by atoms with Crippen LogP contribution in [0.4, 0.5) is 0 Å². The van der Waals surface area contributed by atoms with Crippen LogP contribution in [0.1, 0.15) is 43.7 Å². The zero-order valence-corrected chi connectivity index (χ0v) is 20.8. The van der Waals surface area contributed by atoms with Gasteiger partial charge in [-0.2, -0.15) is 5.10 Å². The molecule has 1 N–H and O–H groups in total. The number of nitrogens with zero attached hydrogens (tertiary/aromatic N) is 3. The number of thiazole rings is 1. The fourth-order valence-corrected chi connectivity index (χ4v) is 4.91. The molecule has 0 radical (unpaired) electrons. The van der Waals surface area contributed by atoms with Gasteiger partial charge in [0.1, 0.15) is 5.75 Å². The van der Waals surface area contributed by atoms with Crippen molar-refractivity contribution in [3.8, 4) is 22.1 Å². The third-order valence-corrected chi connectivity index (χ3v) is 6.88. The molecule has 0 aliphatic heterocycles. The molecule has 2 aromatic carbocycles. The first-order valence-electron chi connectivity index (χ1n) is 11.0. The number of halogens is 1. The summed E-state index contributed by atoms with van der Waals surface area (Å²) in [6.07, 6.45) is 1.08. The van der Waals surface area contributed by atoms with E-state index in [0.29, 0.717) is 17.3 Å². The minimum atomic E-state index is -0.0533. The highest BCUT2D eigenvalue weighted by molar-refractivity contribution is 7.14. The molecule has 33 heavy (non-hydrogen) atoms. The highest BCUT2D eigenvalue weighted by atomic mass is 35.5. The van der Waals surface area contributed by atoms with Crippen LogP contribution in [0, 0.1) is 0 Å². The maximum Gasteiger partial charge on any atom is 0.226 e. The number of carbonyl (C=O) groups excluding carboxylic acids is 1. The van der Waals surface area contributed by atoms with Crippen LogP contribution in [0.2, 0.25) is 5.02 Å². The van der Waals surface area contributed by atoms with Crippen LogP contribution in [0.15, 0.2) is 42.5 Å². The van der Waals surface area contributed by atoms with Crippen molar-refractivity contribution < 1.29 is 9.53 Å². The molecule has 8 heteroatoms. The van der Waals surface area contributed by atoms with Gasteiger partial charge >= 0.3 is 0 Å². The van der Waals surface area contributed by atoms with Gasteiger partial charge in [0, 0.05) is 27.4 Å². The smallest absolute Gasteiger partial charge is 0.226 e. The molecule has 172 valence electrons. The Morgan fingerprint density at radius 3 is 2.79 bits per heavy atom. The van der Waals surface area contributed by atoms with Crippen molar-refractivity contribution in [1.29, 1.82) is 0 Å². The molecule has 2 aromatic heterocycles. The van der Waals surface area contributed by atoms with Crippen LogP contribution in [0.25, 0.3) is 27.3 Å². The summed E-state index contributed by atoms with van der Waals surface area (Å²) in [7, 11) is 1.66. The summed E-state index contributed by atoms with van der Waals surface area (Å²) in [6.45, 7) is 6.99. The van der Waals surface area contributed by atoms with Crippen LogP contribution >= 0.6 is 22.9 Å². The zero-order chi connectivity index (χ0) is 23.5. The Kier molecular flexibility index (Phi) is 7.00. The lowest BCUT2D eigenvalue weighted by Crippen LogP contribution is -2.25. The summed E-state index contributed by atoms with van der Waals surface area (Å²) >= 11 is 7.89. The molecule has 4 rings (SSSR count). The van der Waals surface area contributed by atoms with Gasteiger partial charge in [0.25, 0.3) is 0 Å². The summed E-state index contributed by atoms with van der Waals surface area (Å²) in [5.41, 5.74) is 3.48. The first kappa shape index (κ1) is 23.3. The Morgan fingerprint density at radius 1 is 1.24 bits per heavy atom. The number of fused-ring (bicyclic) bond motifs is 1. The van der Waals surface area contributed by atoms with Gasteiger partial charge in [-0.3, -0.25) is 4.79 Å². The van der Waals surface area contributed by atoms with Gasteiger partial charge in [0.15, 0.2) is 0 Å². The van der Waals surface area contributed by atoms with Crippen molar-refractivity contribution in [3.63, 3.8) is 0 Å².